The average Bonchev–Trinajstić information content (AvgIpc) is 3.62. The zero-order chi connectivity index (χ0) is 30.7. The van der Waals surface area contributed by atoms with Gasteiger partial charge in [-0.05, 0) is 81.4 Å². The summed E-state index contributed by atoms with van der Waals surface area (Å²) in [6.45, 7) is 0. The van der Waals surface area contributed by atoms with Gasteiger partial charge in [-0.1, -0.05) is 127 Å². The molecular formula is C44H34N2. The first-order valence-electron chi connectivity index (χ1n) is 16.2. The number of nitrogens with zero attached hydrogens (tertiary/aromatic N) is 2. The molecule has 1 aliphatic heterocycles. The van der Waals surface area contributed by atoms with Gasteiger partial charge in [-0.2, -0.15) is 0 Å². The summed E-state index contributed by atoms with van der Waals surface area (Å²) in [7, 11) is 2.18. The summed E-state index contributed by atoms with van der Waals surface area (Å²) in [5.41, 5.74) is 15.2. The first kappa shape index (κ1) is 26.8. The summed E-state index contributed by atoms with van der Waals surface area (Å²) in [6.07, 6.45) is 5.63. The molecule has 1 atom stereocenters. The number of hydrogen-bond donors (Lipinski definition) is 0. The van der Waals surface area contributed by atoms with E-state index in [1.165, 1.54) is 67.4 Å². The minimum absolute atomic E-state index is 0.292. The predicted molar refractivity (Wildman–Crippen MR) is 191 cm³/mol. The van der Waals surface area contributed by atoms with Crippen molar-refractivity contribution in [2.75, 3.05) is 16.8 Å². The molecule has 0 spiro atoms. The molecule has 1 heterocycles. The van der Waals surface area contributed by atoms with E-state index in [1.54, 1.807) is 0 Å². The number of anilines is 3. The van der Waals surface area contributed by atoms with Crippen molar-refractivity contribution in [2.45, 2.75) is 17.8 Å². The van der Waals surface area contributed by atoms with E-state index < -0.39 is 5.41 Å². The Morgan fingerprint density at radius 3 is 1.93 bits per heavy atom. The van der Waals surface area contributed by atoms with E-state index in [-0.39, 0.29) is 0 Å². The standard InChI is InChI=1S/C44H34N2/c1-45(33-19-9-4-10-20-33)34-26-28-43-39(29-34)38-22-12-14-24-42(38)46(43)35-25-27-37-36-21-11-13-23-40(36)44(41(37)30-35,31-15-5-2-6-16-31)32-17-7-3-8-18-32/h2-28,30,39H,29H2,1H3. The number of rotatable bonds is 5. The van der Waals surface area contributed by atoms with Gasteiger partial charge >= 0.3 is 0 Å². The Labute approximate surface area is 271 Å². The molecule has 220 valence electrons. The number of fused-ring (bicyclic) bond motifs is 6. The fourth-order valence-corrected chi connectivity index (χ4v) is 8.23. The maximum Gasteiger partial charge on any atom is 0.0714 e. The van der Waals surface area contributed by atoms with Crippen molar-refractivity contribution < 1.29 is 0 Å². The highest BCUT2D eigenvalue weighted by Crippen LogP contribution is 2.58. The van der Waals surface area contributed by atoms with Gasteiger partial charge in [-0.3, -0.25) is 0 Å². The summed E-state index contributed by atoms with van der Waals surface area (Å²) in [4.78, 5) is 4.85. The van der Waals surface area contributed by atoms with Gasteiger partial charge < -0.3 is 9.80 Å². The van der Waals surface area contributed by atoms with Gasteiger partial charge in [-0.15, -0.1) is 0 Å². The lowest BCUT2D eigenvalue weighted by atomic mass is 9.67. The van der Waals surface area contributed by atoms with Crippen LogP contribution < -0.4 is 9.80 Å². The highest BCUT2D eigenvalue weighted by Gasteiger charge is 2.47. The Bertz CT molecular complexity index is 2100. The van der Waals surface area contributed by atoms with Gasteiger partial charge in [0.1, 0.15) is 0 Å². The van der Waals surface area contributed by atoms with Crippen molar-refractivity contribution >= 4 is 17.1 Å². The molecule has 3 aliphatic rings. The Morgan fingerprint density at radius 2 is 1.20 bits per heavy atom. The first-order chi connectivity index (χ1) is 22.7. The Morgan fingerprint density at radius 1 is 0.587 bits per heavy atom. The highest BCUT2D eigenvalue weighted by atomic mass is 15.2. The Balaban J connectivity index is 1.24. The molecular weight excluding hydrogens is 556 g/mol. The molecule has 46 heavy (non-hydrogen) atoms. The molecule has 2 heteroatoms. The number of benzene rings is 6. The van der Waals surface area contributed by atoms with Crippen LogP contribution in [0.3, 0.4) is 0 Å². The van der Waals surface area contributed by atoms with Crippen molar-refractivity contribution in [1.82, 2.24) is 0 Å². The van der Waals surface area contributed by atoms with Crippen LogP contribution in [0.5, 0.6) is 0 Å². The molecule has 9 rings (SSSR count). The minimum Gasteiger partial charge on any atom is -0.348 e. The van der Waals surface area contributed by atoms with Crippen molar-refractivity contribution in [3.8, 4) is 11.1 Å². The fraction of sp³-hybridized carbons (Fsp3) is 0.0909. The van der Waals surface area contributed by atoms with E-state index in [2.05, 4.69) is 187 Å². The molecule has 0 radical (unpaired) electrons. The maximum atomic E-state index is 2.51. The van der Waals surface area contributed by atoms with Crippen LogP contribution in [-0.4, -0.2) is 7.05 Å². The fourth-order valence-electron chi connectivity index (χ4n) is 8.23. The minimum atomic E-state index is -0.421. The smallest absolute Gasteiger partial charge is 0.0714 e. The molecule has 0 N–H and O–H groups in total. The Kier molecular flexibility index (Phi) is 6.11. The largest absolute Gasteiger partial charge is 0.348 e. The van der Waals surface area contributed by atoms with Crippen molar-refractivity contribution in [3.63, 3.8) is 0 Å². The lowest BCUT2D eigenvalue weighted by Crippen LogP contribution is -2.29. The van der Waals surface area contributed by atoms with Gasteiger partial charge in [0.15, 0.2) is 0 Å². The van der Waals surface area contributed by atoms with Crippen molar-refractivity contribution in [3.05, 3.63) is 209 Å². The van der Waals surface area contributed by atoms with E-state index in [9.17, 15) is 0 Å². The van der Waals surface area contributed by atoms with E-state index in [1.807, 2.05) is 0 Å². The molecule has 0 bridgehead atoms. The second kappa shape index (κ2) is 10.5. The molecule has 2 aliphatic carbocycles. The van der Waals surface area contributed by atoms with Gasteiger partial charge in [-0.25, -0.2) is 0 Å². The lowest BCUT2D eigenvalue weighted by Gasteiger charge is -2.35. The van der Waals surface area contributed by atoms with Crippen molar-refractivity contribution in [1.29, 1.82) is 0 Å². The van der Waals surface area contributed by atoms with Crippen LogP contribution >= 0.6 is 0 Å². The van der Waals surface area contributed by atoms with Gasteiger partial charge in [0, 0.05) is 47.8 Å². The van der Waals surface area contributed by atoms with Crippen molar-refractivity contribution in [2.24, 2.45) is 0 Å². The quantitative estimate of drug-likeness (QED) is 0.197. The van der Waals surface area contributed by atoms with Crippen LogP contribution in [0.25, 0.3) is 11.1 Å². The molecule has 0 aromatic heterocycles. The summed E-state index contributed by atoms with van der Waals surface area (Å²) >= 11 is 0. The van der Waals surface area contributed by atoms with Crippen LogP contribution in [0, 0.1) is 0 Å². The molecule has 0 saturated heterocycles. The van der Waals surface area contributed by atoms with Gasteiger partial charge in [0.2, 0.25) is 0 Å². The summed E-state index contributed by atoms with van der Waals surface area (Å²) < 4.78 is 0. The molecule has 6 aromatic rings. The zero-order valence-corrected chi connectivity index (χ0v) is 25.8. The van der Waals surface area contributed by atoms with Crippen LogP contribution in [0.2, 0.25) is 0 Å². The van der Waals surface area contributed by atoms with E-state index in [0.29, 0.717) is 5.92 Å². The lowest BCUT2D eigenvalue weighted by molar-refractivity contribution is 0.757. The van der Waals surface area contributed by atoms with Gasteiger partial charge in [0.05, 0.1) is 5.41 Å². The normalized spacial score (nSPS) is 16.9. The molecule has 0 fully saturated rings. The van der Waals surface area contributed by atoms with Crippen LogP contribution in [0.15, 0.2) is 181 Å². The second-order valence-corrected chi connectivity index (χ2v) is 12.6. The summed E-state index contributed by atoms with van der Waals surface area (Å²) in [6, 6.07) is 57.9. The Hall–Kier alpha value is -5.60. The molecule has 1 unspecified atom stereocenters. The van der Waals surface area contributed by atoms with E-state index >= 15 is 0 Å². The number of para-hydroxylation sites is 2. The van der Waals surface area contributed by atoms with Crippen LogP contribution in [0.4, 0.5) is 17.1 Å². The van der Waals surface area contributed by atoms with E-state index in [0.717, 1.165) is 6.42 Å². The molecule has 0 saturated carbocycles. The zero-order valence-electron chi connectivity index (χ0n) is 25.8. The molecule has 2 nitrogen and oxygen atoms in total. The SMILES string of the molecule is CN(C1=CC=C2C(C1)c1ccccc1N2c1ccc2c(c1)C(c1ccccc1)(c1ccccc1)c1ccccc1-2)c1ccccc1. The summed E-state index contributed by atoms with van der Waals surface area (Å²) in [5.74, 6) is 0.292. The molecule has 0 amide bonds. The number of hydrogen-bond acceptors (Lipinski definition) is 2. The third kappa shape index (κ3) is 3.83. The predicted octanol–water partition coefficient (Wildman–Crippen LogP) is 10.6. The molecule has 6 aromatic carbocycles. The van der Waals surface area contributed by atoms with E-state index in [4.69, 9.17) is 0 Å². The highest BCUT2D eigenvalue weighted by molar-refractivity contribution is 5.89. The average molecular weight is 591 g/mol. The number of allylic oxidation sites excluding steroid dienone is 4. The first-order valence-corrected chi connectivity index (χ1v) is 16.2. The van der Waals surface area contributed by atoms with Gasteiger partial charge in [0.25, 0.3) is 0 Å². The third-order valence-corrected chi connectivity index (χ3v) is 10.3. The monoisotopic (exact) mass is 590 g/mol. The van der Waals surface area contributed by atoms with Crippen LogP contribution in [-0.2, 0) is 5.41 Å². The van der Waals surface area contributed by atoms with Crippen LogP contribution in [0.1, 0.15) is 40.2 Å². The second-order valence-electron chi connectivity index (χ2n) is 12.6. The topological polar surface area (TPSA) is 6.48 Å². The maximum absolute atomic E-state index is 2.51. The summed E-state index contributed by atoms with van der Waals surface area (Å²) in [5, 5.41) is 0. The third-order valence-electron chi connectivity index (χ3n) is 10.3.